The number of halogens is 1. The second-order valence-electron chi connectivity index (χ2n) is 7.16. The molecule has 0 spiro atoms. The van der Waals surface area contributed by atoms with Crippen molar-refractivity contribution in [1.29, 1.82) is 0 Å². The van der Waals surface area contributed by atoms with E-state index in [0.717, 1.165) is 11.1 Å². The minimum Gasteiger partial charge on any atom is -0.444 e. The molecule has 0 saturated carbocycles. The summed E-state index contributed by atoms with van der Waals surface area (Å²) in [6, 6.07) is 5.64. The molecule has 1 amide bonds. The molecular weight excluding hydrogens is 314 g/mol. The van der Waals surface area contributed by atoms with Crippen LogP contribution in [0.4, 0.5) is 4.79 Å². The Hall–Kier alpha value is -1.44. The molecule has 0 radical (unpaired) electrons. The van der Waals surface area contributed by atoms with Crippen LogP contribution in [0.5, 0.6) is 0 Å². The number of hydrogen-bond acceptors (Lipinski definition) is 2. The molecule has 120 valence electrons. The van der Waals surface area contributed by atoms with Gasteiger partial charge in [-0.1, -0.05) is 43.2 Å². The Bertz CT molecular complexity index is 604. The van der Waals surface area contributed by atoms with E-state index in [1.54, 1.807) is 0 Å². The monoisotopic (exact) mass is 337 g/mol. The lowest BCUT2D eigenvalue weighted by molar-refractivity contribution is 0.0523. The zero-order valence-corrected chi connectivity index (χ0v) is 15.9. The summed E-state index contributed by atoms with van der Waals surface area (Å²) in [5.41, 5.74) is 4.53. The quantitative estimate of drug-likeness (QED) is 0.633. The number of amides is 1. The van der Waals surface area contributed by atoms with Gasteiger partial charge in [-0.15, -0.1) is 5.54 Å². The van der Waals surface area contributed by atoms with Gasteiger partial charge in [0.25, 0.3) is 0 Å². The maximum atomic E-state index is 11.6. The van der Waals surface area contributed by atoms with Gasteiger partial charge in [-0.3, -0.25) is 0 Å². The zero-order valence-electron chi connectivity index (χ0n) is 14.1. The van der Waals surface area contributed by atoms with E-state index in [4.69, 9.17) is 16.3 Å². The highest BCUT2D eigenvalue weighted by molar-refractivity contribution is 6.83. The first-order valence-electron chi connectivity index (χ1n) is 7.25. The molecule has 1 aromatic carbocycles. The SMILES string of the molecule is CC(C)(C)OC(=O)NCc1ccc(C#C[Si](C)(C)C)cc1Cl. The van der Waals surface area contributed by atoms with Crippen LogP contribution in [0.25, 0.3) is 0 Å². The molecule has 5 heteroatoms. The van der Waals surface area contributed by atoms with Gasteiger partial charge in [0.1, 0.15) is 13.7 Å². The molecule has 1 N–H and O–H groups in total. The van der Waals surface area contributed by atoms with E-state index in [1.807, 2.05) is 39.0 Å². The van der Waals surface area contributed by atoms with Gasteiger partial charge in [0.05, 0.1) is 0 Å². The van der Waals surface area contributed by atoms with E-state index >= 15 is 0 Å². The van der Waals surface area contributed by atoms with Crippen molar-refractivity contribution in [3.05, 3.63) is 34.3 Å². The number of hydrogen-bond donors (Lipinski definition) is 1. The maximum Gasteiger partial charge on any atom is 0.407 e. The van der Waals surface area contributed by atoms with Crippen LogP contribution in [0.15, 0.2) is 18.2 Å². The first kappa shape index (κ1) is 18.6. The highest BCUT2D eigenvalue weighted by Gasteiger charge is 2.16. The van der Waals surface area contributed by atoms with E-state index in [9.17, 15) is 4.79 Å². The maximum absolute atomic E-state index is 11.6. The normalized spacial score (nSPS) is 11.4. The van der Waals surface area contributed by atoms with Crippen molar-refractivity contribution in [2.75, 3.05) is 0 Å². The average molecular weight is 338 g/mol. The van der Waals surface area contributed by atoms with E-state index < -0.39 is 19.8 Å². The van der Waals surface area contributed by atoms with Crippen molar-refractivity contribution >= 4 is 25.8 Å². The van der Waals surface area contributed by atoms with Crippen molar-refractivity contribution < 1.29 is 9.53 Å². The summed E-state index contributed by atoms with van der Waals surface area (Å²) in [4.78, 5) is 11.6. The predicted octanol–water partition coefficient (Wildman–Crippen LogP) is 4.59. The number of ether oxygens (including phenoxy) is 1. The first-order valence-corrected chi connectivity index (χ1v) is 11.1. The van der Waals surface area contributed by atoms with Gasteiger partial charge in [-0.2, -0.15) is 0 Å². The smallest absolute Gasteiger partial charge is 0.407 e. The lowest BCUT2D eigenvalue weighted by atomic mass is 10.1. The van der Waals surface area contributed by atoms with Crippen LogP contribution in [0.3, 0.4) is 0 Å². The van der Waals surface area contributed by atoms with Gasteiger partial charge < -0.3 is 10.1 Å². The molecular formula is C17H24ClNO2Si. The molecule has 0 unspecified atom stereocenters. The molecule has 0 saturated heterocycles. The van der Waals surface area contributed by atoms with Crippen LogP contribution >= 0.6 is 11.6 Å². The Balaban J connectivity index is 2.70. The summed E-state index contributed by atoms with van der Waals surface area (Å²) >= 11 is 6.25. The Kier molecular flexibility index (Phi) is 6.10. The Morgan fingerprint density at radius 2 is 1.95 bits per heavy atom. The molecule has 0 fully saturated rings. The minimum atomic E-state index is -1.40. The summed E-state index contributed by atoms with van der Waals surface area (Å²) in [7, 11) is -1.40. The second-order valence-corrected chi connectivity index (χ2v) is 12.3. The van der Waals surface area contributed by atoms with Crippen LogP contribution in [0, 0.1) is 11.5 Å². The summed E-state index contributed by atoms with van der Waals surface area (Å²) in [6.45, 7) is 12.4. The average Bonchev–Trinajstić information content (AvgIpc) is 2.32. The van der Waals surface area contributed by atoms with E-state index in [0.29, 0.717) is 11.6 Å². The van der Waals surface area contributed by atoms with E-state index in [1.165, 1.54) is 0 Å². The lowest BCUT2D eigenvalue weighted by Crippen LogP contribution is -2.32. The molecule has 0 aliphatic heterocycles. The molecule has 0 atom stereocenters. The molecule has 0 aliphatic rings. The fraction of sp³-hybridized carbons (Fsp3) is 0.471. The summed E-state index contributed by atoms with van der Waals surface area (Å²) in [5, 5.41) is 3.29. The van der Waals surface area contributed by atoms with Gasteiger partial charge in [0, 0.05) is 17.1 Å². The van der Waals surface area contributed by atoms with Gasteiger partial charge in [-0.05, 0) is 38.5 Å². The number of carbonyl (C=O) groups excluding carboxylic acids is 1. The highest BCUT2D eigenvalue weighted by atomic mass is 35.5. The second kappa shape index (κ2) is 7.21. The summed E-state index contributed by atoms with van der Waals surface area (Å²) in [5.74, 6) is 3.16. The van der Waals surface area contributed by atoms with Gasteiger partial charge in [-0.25, -0.2) is 4.79 Å². The summed E-state index contributed by atoms with van der Waals surface area (Å²) in [6.07, 6.45) is -0.453. The molecule has 22 heavy (non-hydrogen) atoms. The van der Waals surface area contributed by atoms with Gasteiger partial charge in [0.15, 0.2) is 0 Å². The van der Waals surface area contributed by atoms with Crippen LogP contribution in [0.1, 0.15) is 31.9 Å². The number of rotatable bonds is 2. The Morgan fingerprint density at radius 3 is 2.45 bits per heavy atom. The minimum absolute atomic E-state index is 0.329. The van der Waals surface area contributed by atoms with Crippen LogP contribution in [-0.2, 0) is 11.3 Å². The van der Waals surface area contributed by atoms with Gasteiger partial charge >= 0.3 is 6.09 Å². The van der Waals surface area contributed by atoms with Crippen LogP contribution < -0.4 is 5.32 Å². The van der Waals surface area contributed by atoms with Crippen LogP contribution in [0.2, 0.25) is 24.7 Å². The predicted molar refractivity (Wildman–Crippen MR) is 94.7 cm³/mol. The fourth-order valence-electron chi connectivity index (χ4n) is 1.51. The number of carbonyl (C=O) groups is 1. The highest BCUT2D eigenvalue weighted by Crippen LogP contribution is 2.18. The van der Waals surface area contributed by atoms with Crippen molar-refractivity contribution in [3.63, 3.8) is 0 Å². The van der Waals surface area contributed by atoms with Crippen molar-refractivity contribution in [2.45, 2.75) is 52.6 Å². The fourth-order valence-corrected chi connectivity index (χ4v) is 2.28. The standard InChI is InChI=1S/C17H24ClNO2Si/c1-17(2,3)21-16(20)19-12-14-8-7-13(11-15(14)18)9-10-22(4,5)6/h7-8,11H,12H2,1-6H3,(H,19,20). The third kappa shape index (κ3) is 7.53. The van der Waals surface area contributed by atoms with Crippen LogP contribution in [-0.4, -0.2) is 19.8 Å². The third-order valence-corrected chi connectivity index (χ3v) is 3.68. The Labute approximate surface area is 139 Å². The lowest BCUT2D eigenvalue weighted by Gasteiger charge is -2.19. The Morgan fingerprint density at radius 1 is 1.32 bits per heavy atom. The topological polar surface area (TPSA) is 38.3 Å². The van der Waals surface area contributed by atoms with Crippen molar-refractivity contribution in [1.82, 2.24) is 5.32 Å². The van der Waals surface area contributed by atoms with Gasteiger partial charge in [0.2, 0.25) is 0 Å². The van der Waals surface area contributed by atoms with Crippen molar-refractivity contribution in [3.8, 4) is 11.5 Å². The van der Waals surface area contributed by atoms with E-state index in [2.05, 4.69) is 36.4 Å². The third-order valence-electron chi connectivity index (χ3n) is 2.46. The zero-order chi connectivity index (χ0) is 17.0. The first-order chi connectivity index (χ1) is 9.96. The molecule has 0 aliphatic carbocycles. The van der Waals surface area contributed by atoms with Crippen molar-refractivity contribution in [2.24, 2.45) is 0 Å². The number of benzene rings is 1. The number of nitrogens with one attached hydrogen (secondary N) is 1. The molecule has 0 aromatic heterocycles. The molecule has 0 heterocycles. The summed E-state index contributed by atoms with van der Waals surface area (Å²) < 4.78 is 5.19. The number of alkyl carbamates (subject to hydrolysis) is 1. The largest absolute Gasteiger partial charge is 0.444 e. The van der Waals surface area contributed by atoms with E-state index in [-0.39, 0.29) is 0 Å². The molecule has 3 nitrogen and oxygen atoms in total. The molecule has 0 bridgehead atoms. The molecule has 1 aromatic rings. The molecule has 1 rings (SSSR count).